The Morgan fingerprint density at radius 2 is 1.91 bits per heavy atom. The fraction of sp³-hybridized carbons (Fsp3) is 0.611. The first-order valence-electron chi connectivity index (χ1n) is 8.43. The second kappa shape index (κ2) is 5.55. The number of hydrogen-bond acceptors (Lipinski definition) is 3. The van der Waals surface area contributed by atoms with Crippen LogP contribution in [-0.4, -0.2) is 37.1 Å². The highest BCUT2D eigenvalue weighted by Gasteiger charge is 2.42. The molecule has 1 heterocycles. The van der Waals surface area contributed by atoms with Crippen molar-refractivity contribution >= 4 is 5.69 Å². The van der Waals surface area contributed by atoms with Gasteiger partial charge in [-0.25, -0.2) is 4.39 Å². The van der Waals surface area contributed by atoms with Crippen LogP contribution >= 0.6 is 0 Å². The van der Waals surface area contributed by atoms with Crippen molar-refractivity contribution in [3.05, 3.63) is 29.6 Å². The van der Waals surface area contributed by atoms with Gasteiger partial charge in [-0.15, -0.1) is 0 Å². The average molecular weight is 299 g/mol. The van der Waals surface area contributed by atoms with Gasteiger partial charge in [-0.3, -0.25) is 4.90 Å². The molecule has 0 spiro atoms. The Morgan fingerprint density at radius 1 is 1.09 bits per heavy atom. The largest absolute Gasteiger partial charge is 0.368 e. The normalized spacial score (nSPS) is 31.5. The Morgan fingerprint density at radius 3 is 2.55 bits per heavy atom. The van der Waals surface area contributed by atoms with Gasteiger partial charge < -0.3 is 4.90 Å². The van der Waals surface area contributed by atoms with Gasteiger partial charge in [0.2, 0.25) is 0 Å². The lowest BCUT2D eigenvalue weighted by Gasteiger charge is -2.42. The molecule has 2 bridgehead atoms. The third kappa shape index (κ3) is 2.38. The van der Waals surface area contributed by atoms with Gasteiger partial charge in [0.15, 0.2) is 0 Å². The van der Waals surface area contributed by atoms with Crippen LogP contribution in [0, 0.1) is 29.0 Å². The van der Waals surface area contributed by atoms with E-state index in [2.05, 4.69) is 15.9 Å². The van der Waals surface area contributed by atoms with Crippen LogP contribution in [0.25, 0.3) is 0 Å². The fourth-order valence-corrected chi connectivity index (χ4v) is 4.83. The Kier molecular flexibility index (Phi) is 3.54. The molecule has 0 radical (unpaired) electrons. The zero-order valence-electron chi connectivity index (χ0n) is 12.8. The number of nitriles is 1. The first kappa shape index (κ1) is 14.0. The minimum atomic E-state index is -0.332. The average Bonchev–Trinajstić information content (AvgIpc) is 3.18. The Bertz CT molecular complexity index is 601. The Labute approximate surface area is 131 Å². The summed E-state index contributed by atoms with van der Waals surface area (Å²) in [6, 6.07) is 7.48. The van der Waals surface area contributed by atoms with E-state index < -0.39 is 0 Å². The van der Waals surface area contributed by atoms with E-state index >= 15 is 0 Å². The van der Waals surface area contributed by atoms with Gasteiger partial charge in [0, 0.05) is 32.2 Å². The molecule has 0 amide bonds. The highest BCUT2D eigenvalue weighted by atomic mass is 19.1. The number of rotatable bonds is 2. The first-order chi connectivity index (χ1) is 10.7. The topological polar surface area (TPSA) is 30.3 Å². The van der Waals surface area contributed by atoms with Crippen molar-refractivity contribution in [1.29, 1.82) is 5.26 Å². The number of nitrogens with zero attached hydrogens (tertiary/aromatic N) is 3. The van der Waals surface area contributed by atoms with Crippen LogP contribution in [0.15, 0.2) is 18.2 Å². The number of hydrogen-bond donors (Lipinski definition) is 0. The summed E-state index contributed by atoms with van der Waals surface area (Å²) < 4.78 is 13.3. The number of fused-ring (bicyclic) bond motifs is 2. The van der Waals surface area contributed by atoms with Crippen molar-refractivity contribution in [2.75, 3.05) is 31.1 Å². The van der Waals surface area contributed by atoms with Crippen molar-refractivity contribution in [3.63, 3.8) is 0 Å². The van der Waals surface area contributed by atoms with Crippen LogP contribution in [0.1, 0.15) is 31.2 Å². The van der Waals surface area contributed by atoms with Crippen molar-refractivity contribution in [3.8, 4) is 6.07 Å². The van der Waals surface area contributed by atoms with Crippen molar-refractivity contribution < 1.29 is 4.39 Å². The summed E-state index contributed by atoms with van der Waals surface area (Å²) in [4.78, 5) is 4.90. The minimum absolute atomic E-state index is 0.332. The van der Waals surface area contributed by atoms with Gasteiger partial charge in [-0.1, -0.05) is 6.42 Å². The monoisotopic (exact) mass is 299 g/mol. The third-order valence-electron chi connectivity index (χ3n) is 5.90. The summed E-state index contributed by atoms with van der Waals surface area (Å²) in [6.07, 6.45) is 5.71. The molecule has 4 heteroatoms. The molecule has 1 aromatic carbocycles. The van der Waals surface area contributed by atoms with E-state index in [0.29, 0.717) is 5.56 Å². The van der Waals surface area contributed by atoms with Crippen molar-refractivity contribution in [2.24, 2.45) is 11.8 Å². The van der Waals surface area contributed by atoms with Gasteiger partial charge in [-0.05, 0) is 49.3 Å². The minimum Gasteiger partial charge on any atom is -0.368 e. The molecule has 0 N–H and O–H groups in total. The van der Waals surface area contributed by atoms with E-state index in [1.807, 2.05) is 0 Å². The highest BCUT2D eigenvalue weighted by Crippen LogP contribution is 2.46. The molecule has 2 saturated carbocycles. The summed E-state index contributed by atoms with van der Waals surface area (Å²) in [6.45, 7) is 4.01. The molecule has 1 aromatic rings. The summed E-state index contributed by atoms with van der Waals surface area (Å²) in [5.41, 5.74) is 1.34. The second-order valence-electron chi connectivity index (χ2n) is 7.04. The van der Waals surface area contributed by atoms with Gasteiger partial charge >= 0.3 is 0 Å². The molecule has 3 fully saturated rings. The van der Waals surface area contributed by atoms with E-state index in [-0.39, 0.29) is 5.82 Å². The highest BCUT2D eigenvalue weighted by molar-refractivity contribution is 5.59. The quantitative estimate of drug-likeness (QED) is 0.841. The lowest BCUT2D eigenvalue weighted by atomic mass is 9.93. The van der Waals surface area contributed by atoms with Crippen molar-refractivity contribution in [2.45, 2.75) is 31.7 Å². The zero-order valence-corrected chi connectivity index (χ0v) is 12.8. The molecule has 1 aliphatic heterocycles. The van der Waals surface area contributed by atoms with Gasteiger partial charge in [-0.2, -0.15) is 5.26 Å². The molecule has 3 atom stereocenters. The van der Waals surface area contributed by atoms with Crippen LogP contribution in [0.5, 0.6) is 0 Å². The molecule has 3 unspecified atom stereocenters. The Balaban J connectivity index is 1.43. The smallest absolute Gasteiger partial charge is 0.124 e. The molecule has 3 nitrogen and oxygen atoms in total. The summed E-state index contributed by atoms with van der Waals surface area (Å²) in [5, 5.41) is 9.22. The van der Waals surface area contributed by atoms with Crippen LogP contribution < -0.4 is 4.90 Å². The van der Waals surface area contributed by atoms with Gasteiger partial charge in [0.1, 0.15) is 11.9 Å². The second-order valence-corrected chi connectivity index (χ2v) is 7.04. The molecular weight excluding hydrogens is 277 g/mol. The molecule has 4 rings (SSSR count). The predicted molar refractivity (Wildman–Crippen MR) is 84.1 cm³/mol. The number of piperazine rings is 1. The van der Waals surface area contributed by atoms with E-state index in [1.54, 1.807) is 6.07 Å². The molecular formula is C18H22FN3. The maximum Gasteiger partial charge on any atom is 0.124 e. The SMILES string of the molecule is N#Cc1cc(F)ccc1N1CCN(C2CC3CCC2C3)CC1. The van der Waals surface area contributed by atoms with Crippen LogP contribution in [0.3, 0.4) is 0 Å². The summed E-state index contributed by atoms with van der Waals surface area (Å²) in [5.74, 6) is 1.58. The lowest BCUT2D eigenvalue weighted by molar-refractivity contribution is 0.135. The molecule has 0 aromatic heterocycles. The van der Waals surface area contributed by atoms with Crippen molar-refractivity contribution in [1.82, 2.24) is 4.90 Å². The van der Waals surface area contributed by atoms with E-state index in [4.69, 9.17) is 0 Å². The van der Waals surface area contributed by atoms with E-state index in [1.165, 1.54) is 37.8 Å². The van der Waals surface area contributed by atoms with Gasteiger partial charge in [0.25, 0.3) is 0 Å². The molecule has 3 aliphatic rings. The maximum absolute atomic E-state index is 13.3. The van der Waals surface area contributed by atoms with E-state index in [0.717, 1.165) is 49.7 Å². The van der Waals surface area contributed by atoms with Gasteiger partial charge in [0.05, 0.1) is 11.3 Å². The zero-order chi connectivity index (χ0) is 15.1. The van der Waals surface area contributed by atoms with Crippen LogP contribution in [-0.2, 0) is 0 Å². The molecule has 2 aliphatic carbocycles. The fourth-order valence-electron chi connectivity index (χ4n) is 4.83. The standard InChI is InChI=1S/C18H22FN3/c19-16-3-4-17(15(11-16)12-20)21-5-7-22(8-6-21)18-10-13-1-2-14(18)9-13/h3-4,11,13-14,18H,1-2,5-10H2. The number of halogens is 1. The van der Waals surface area contributed by atoms with Crippen LogP contribution in [0.2, 0.25) is 0 Å². The van der Waals surface area contributed by atoms with E-state index in [9.17, 15) is 9.65 Å². The molecule has 1 saturated heterocycles. The summed E-state index contributed by atoms with van der Waals surface area (Å²) in [7, 11) is 0. The molecule has 116 valence electrons. The number of benzene rings is 1. The predicted octanol–water partition coefficient (Wildman–Crippen LogP) is 3.01. The van der Waals surface area contributed by atoms with Crippen LogP contribution in [0.4, 0.5) is 10.1 Å². The summed E-state index contributed by atoms with van der Waals surface area (Å²) >= 11 is 0. The third-order valence-corrected chi connectivity index (χ3v) is 5.90. The Hall–Kier alpha value is -1.60. The number of anilines is 1. The molecule has 22 heavy (non-hydrogen) atoms. The maximum atomic E-state index is 13.3. The first-order valence-corrected chi connectivity index (χ1v) is 8.43. The lowest BCUT2D eigenvalue weighted by Crippen LogP contribution is -2.51.